The van der Waals surface area contributed by atoms with Crippen LogP contribution in [-0.2, 0) is 0 Å². The maximum Gasteiger partial charge on any atom is 0.00721 e. The molecule has 1 nitrogen and oxygen atoms in total. The van der Waals surface area contributed by atoms with Crippen LogP contribution in [0.5, 0.6) is 0 Å². The van der Waals surface area contributed by atoms with E-state index in [0.717, 1.165) is 18.0 Å². The van der Waals surface area contributed by atoms with E-state index in [2.05, 4.69) is 12.2 Å². The Morgan fingerprint density at radius 2 is 1.50 bits per heavy atom. The second-order valence-corrected chi connectivity index (χ2v) is 5.47. The van der Waals surface area contributed by atoms with Crippen molar-refractivity contribution >= 4 is 0 Å². The summed E-state index contributed by atoms with van der Waals surface area (Å²) in [6, 6.07) is 1.71. The Balaban J connectivity index is 1.72. The lowest BCUT2D eigenvalue weighted by Crippen LogP contribution is -2.41. The monoisotopic (exact) mass is 195 g/mol. The molecule has 2 saturated carbocycles. The lowest BCUT2D eigenvalue weighted by Gasteiger charge is -2.33. The fraction of sp³-hybridized carbons (Fsp3) is 1.00. The predicted molar refractivity (Wildman–Crippen MR) is 61.4 cm³/mol. The van der Waals surface area contributed by atoms with Gasteiger partial charge in [-0.1, -0.05) is 39.0 Å². The van der Waals surface area contributed by atoms with Gasteiger partial charge in [-0.25, -0.2) is 0 Å². The van der Waals surface area contributed by atoms with E-state index in [0.29, 0.717) is 0 Å². The highest BCUT2D eigenvalue weighted by atomic mass is 15.0. The van der Waals surface area contributed by atoms with E-state index in [1.54, 1.807) is 0 Å². The largest absolute Gasteiger partial charge is 0.311 e. The van der Waals surface area contributed by atoms with E-state index in [9.17, 15) is 0 Å². The summed E-state index contributed by atoms with van der Waals surface area (Å²) >= 11 is 0. The highest BCUT2D eigenvalue weighted by Gasteiger charge is 2.22. The van der Waals surface area contributed by atoms with E-state index >= 15 is 0 Å². The van der Waals surface area contributed by atoms with Gasteiger partial charge in [0.1, 0.15) is 0 Å². The van der Waals surface area contributed by atoms with Crippen molar-refractivity contribution in [1.29, 1.82) is 0 Å². The van der Waals surface area contributed by atoms with E-state index in [4.69, 9.17) is 0 Å². The Hall–Kier alpha value is -0.0400. The third-order valence-corrected chi connectivity index (χ3v) is 4.01. The van der Waals surface area contributed by atoms with Gasteiger partial charge in [-0.2, -0.15) is 0 Å². The van der Waals surface area contributed by atoms with Crippen LogP contribution in [0.15, 0.2) is 0 Å². The Bertz CT molecular complexity index is 161. The Labute approximate surface area is 88.7 Å². The molecule has 0 saturated heterocycles. The minimum absolute atomic E-state index is 0.849. The molecule has 0 aromatic rings. The van der Waals surface area contributed by atoms with Crippen molar-refractivity contribution in [2.24, 2.45) is 5.92 Å². The summed E-state index contributed by atoms with van der Waals surface area (Å²) in [5, 5.41) is 3.89. The molecule has 2 atom stereocenters. The van der Waals surface area contributed by atoms with Crippen LogP contribution in [0.4, 0.5) is 0 Å². The molecule has 0 aromatic heterocycles. The molecule has 0 unspecified atom stereocenters. The van der Waals surface area contributed by atoms with E-state index in [-0.39, 0.29) is 0 Å². The minimum Gasteiger partial charge on any atom is -0.311 e. The summed E-state index contributed by atoms with van der Waals surface area (Å²) < 4.78 is 0. The maximum absolute atomic E-state index is 3.89. The zero-order valence-electron chi connectivity index (χ0n) is 9.60. The summed E-state index contributed by atoms with van der Waals surface area (Å²) in [7, 11) is 0. The summed E-state index contributed by atoms with van der Waals surface area (Å²) in [4.78, 5) is 0. The molecule has 0 radical (unpaired) electrons. The molecule has 82 valence electrons. The summed E-state index contributed by atoms with van der Waals surface area (Å²) in [6.45, 7) is 2.41. The van der Waals surface area contributed by atoms with Crippen LogP contribution in [0.1, 0.15) is 64.7 Å². The number of hydrogen-bond acceptors (Lipinski definition) is 1. The van der Waals surface area contributed by atoms with Gasteiger partial charge in [-0.05, 0) is 31.6 Å². The molecule has 2 rings (SSSR count). The van der Waals surface area contributed by atoms with Gasteiger partial charge in [-0.15, -0.1) is 0 Å². The van der Waals surface area contributed by atoms with Gasteiger partial charge in [-0.3, -0.25) is 0 Å². The molecule has 1 heteroatoms. The van der Waals surface area contributed by atoms with Crippen molar-refractivity contribution in [3.8, 4) is 0 Å². The van der Waals surface area contributed by atoms with Gasteiger partial charge in [0.15, 0.2) is 0 Å². The minimum atomic E-state index is 0.849. The van der Waals surface area contributed by atoms with Crippen molar-refractivity contribution in [1.82, 2.24) is 5.32 Å². The van der Waals surface area contributed by atoms with Gasteiger partial charge in [0.05, 0.1) is 0 Å². The van der Waals surface area contributed by atoms with Crippen LogP contribution in [-0.4, -0.2) is 12.1 Å². The Kier molecular flexibility index (Phi) is 3.86. The molecule has 0 heterocycles. The van der Waals surface area contributed by atoms with Crippen molar-refractivity contribution in [2.75, 3.05) is 0 Å². The standard InChI is InChI=1S/C13H25N/c1-11-6-5-9-13(10-11)14-12-7-3-2-4-8-12/h11-14H,2-10H2,1H3/t11-,13+/m1/s1. The molecule has 14 heavy (non-hydrogen) atoms. The number of rotatable bonds is 2. The average molecular weight is 195 g/mol. The third kappa shape index (κ3) is 2.98. The second kappa shape index (κ2) is 5.16. The fourth-order valence-corrected chi connectivity index (χ4v) is 3.19. The topological polar surface area (TPSA) is 12.0 Å². The fourth-order valence-electron chi connectivity index (χ4n) is 3.19. The molecule has 0 amide bonds. The lowest BCUT2D eigenvalue weighted by molar-refractivity contribution is 0.255. The van der Waals surface area contributed by atoms with Crippen LogP contribution in [0.2, 0.25) is 0 Å². The van der Waals surface area contributed by atoms with Crippen LogP contribution in [0.25, 0.3) is 0 Å². The molecule has 1 N–H and O–H groups in total. The van der Waals surface area contributed by atoms with Gasteiger partial charge in [0, 0.05) is 12.1 Å². The van der Waals surface area contributed by atoms with E-state index in [1.165, 1.54) is 57.8 Å². The molecule has 0 aliphatic heterocycles. The molecule has 0 bridgehead atoms. The molecule has 0 spiro atoms. The zero-order chi connectivity index (χ0) is 9.80. The first-order valence-electron chi connectivity index (χ1n) is 6.60. The Morgan fingerprint density at radius 1 is 0.786 bits per heavy atom. The van der Waals surface area contributed by atoms with Gasteiger partial charge >= 0.3 is 0 Å². The van der Waals surface area contributed by atoms with Crippen LogP contribution >= 0.6 is 0 Å². The highest BCUT2D eigenvalue weighted by Crippen LogP contribution is 2.26. The third-order valence-electron chi connectivity index (χ3n) is 4.01. The van der Waals surface area contributed by atoms with E-state index in [1.807, 2.05) is 0 Å². The van der Waals surface area contributed by atoms with Crippen LogP contribution in [0.3, 0.4) is 0 Å². The first-order valence-corrected chi connectivity index (χ1v) is 6.60. The number of hydrogen-bond donors (Lipinski definition) is 1. The highest BCUT2D eigenvalue weighted by molar-refractivity contribution is 4.81. The summed E-state index contributed by atoms with van der Waals surface area (Å²) in [6.07, 6.45) is 13.0. The molecule has 2 fully saturated rings. The first kappa shape index (κ1) is 10.5. The molecule has 2 aliphatic rings. The SMILES string of the molecule is C[C@@H]1CCC[C@H](NC2CCCCC2)C1. The Morgan fingerprint density at radius 3 is 2.21 bits per heavy atom. The molecule has 2 aliphatic carbocycles. The molecular weight excluding hydrogens is 170 g/mol. The zero-order valence-corrected chi connectivity index (χ0v) is 9.60. The molecule has 0 aromatic carbocycles. The number of nitrogens with one attached hydrogen (secondary N) is 1. The second-order valence-electron chi connectivity index (χ2n) is 5.47. The quantitative estimate of drug-likeness (QED) is 0.711. The summed E-state index contributed by atoms with van der Waals surface area (Å²) in [5.74, 6) is 0.963. The van der Waals surface area contributed by atoms with Crippen molar-refractivity contribution in [3.05, 3.63) is 0 Å². The van der Waals surface area contributed by atoms with Gasteiger partial charge < -0.3 is 5.32 Å². The van der Waals surface area contributed by atoms with Crippen LogP contribution in [0, 0.1) is 5.92 Å². The van der Waals surface area contributed by atoms with Gasteiger partial charge in [0.2, 0.25) is 0 Å². The smallest absolute Gasteiger partial charge is 0.00721 e. The predicted octanol–water partition coefficient (Wildman–Crippen LogP) is 3.49. The van der Waals surface area contributed by atoms with Gasteiger partial charge in [0.25, 0.3) is 0 Å². The van der Waals surface area contributed by atoms with Crippen molar-refractivity contribution in [2.45, 2.75) is 76.8 Å². The maximum atomic E-state index is 3.89. The first-order chi connectivity index (χ1) is 6.84. The van der Waals surface area contributed by atoms with Crippen molar-refractivity contribution < 1.29 is 0 Å². The van der Waals surface area contributed by atoms with Crippen molar-refractivity contribution in [3.63, 3.8) is 0 Å². The molecular formula is C13H25N. The van der Waals surface area contributed by atoms with Crippen LogP contribution < -0.4 is 5.32 Å². The normalized spacial score (nSPS) is 35.8. The summed E-state index contributed by atoms with van der Waals surface area (Å²) in [5.41, 5.74) is 0. The van der Waals surface area contributed by atoms with E-state index < -0.39 is 0 Å². The lowest BCUT2D eigenvalue weighted by atomic mass is 9.85. The average Bonchev–Trinajstić information content (AvgIpc) is 2.19.